The first-order chi connectivity index (χ1) is 21.7. The van der Waals surface area contributed by atoms with Crippen LogP contribution < -0.4 is 26.2 Å². The number of hydrogen-bond acceptors (Lipinski definition) is 11. The van der Waals surface area contributed by atoms with Crippen LogP contribution >= 0.6 is 0 Å². The Hall–Kier alpha value is -4.04. The number of hydrazine groups is 2. The third-order valence-electron chi connectivity index (χ3n) is 7.61. The second kappa shape index (κ2) is 14.6. The smallest absolute Gasteiger partial charge is 0.258 e. The lowest BCUT2D eigenvalue weighted by Crippen LogP contribution is -2.37. The van der Waals surface area contributed by atoms with Gasteiger partial charge in [-0.15, -0.1) is 5.53 Å². The predicted molar refractivity (Wildman–Crippen MR) is 165 cm³/mol. The summed E-state index contributed by atoms with van der Waals surface area (Å²) in [6, 6.07) is 17.4. The molecule has 12 nitrogen and oxygen atoms in total. The van der Waals surface area contributed by atoms with Gasteiger partial charge < -0.3 is 34.0 Å². The first-order valence-electron chi connectivity index (χ1n) is 14.9. The molecule has 3 aromatic carbocycles. The van der Waals surface area contributed by atoms with Crippen LogP contribution in [0, 0.1) is 0 Å². The summed E-state index contributed by atoms with van der Waals surface area (Å²) < 4.78 is 28.2. The predicted octanol–water partition coefficient (Wildman–Crippen LogP) is 2.45. The number of imide groups is 1. The monoisotopic (exact) mass is 603 g/mol. The maximum absolute atomic E-state index is 12.4. The first-order valence-corrected chi connectivity index (χ1v) is 14.9. The van der Waals surface area contributed by atoms with Gasteiger partial charge in [-0.2, -0.15) is 0 Å². The van der Waals surface area contributed by atoms with E-state index in [4.69, 9.17) is 23.7 Å². The van der Waals surface area contributed by atoms with Crippen LogP contribution in [0.2, 0.25) is 0 Å². The second-order valence-electron chi connectivity index (χ2n) is 10.4. The highest BCUT2D eigenvalue weighted by atomic mass is 16.6. The fourth-order valence-electron chi connectivity index (χ4n) is 5.36. The van der Waals surface area contributed by atoms with Crippen molar-refractivity contribution in [1.82, 2.24) is 16.3 Å². The summed E-state index contributed by atoms with van der Waals surface area (Å²) in [4.78, 5) is 27.1. The first kappa shape index (κ1) is 30.0. The maximum atomic E-state index is 12.4. The molecule has 0 atom stereocenters. The highest BCUT2D eigenvalue weighted by Crippen LogP contribution is 2.34. The molecular formula is C32H37N5O7. The van der Waals surface area contributed by atoms with Crippen LogP contribution in [0.25, 0.3) is 16.5 Å². The summed E-state index contributed by atoms with van der Waals surface area (Å²) in [5.74, 6) is -0.767. The minimum absolute atomic E-state index is 0.384. The Morgan fingerprint density at radius 2 is 1.18 bits per heavy atom. The number of carbonyl (C=O) groups is 2. The van der Waals surface area contributed by atoms with Gasteiger partial charge in [0.25, 0.3) is 11.8 Å². The van der Waals surface area contributed by atoms with E-state index in [2.05, 4.69) is 45.4 Å². The molecular weight excluding hydrogens is 566 g/mol. The maximum Gasteiger partial charge on any atom is 0.258 e. The van der Waals surface area contributed by atoms with Crippen LogP contribution in [-0.4, -0.2) is 91.0 Å². The topological polar surface area (TPSA) is 123 Å². The molecule has 3 aliphatic rings. The number of amides is 2. The molecule has 0 radical (unpaired) electrons. The Labute approximate surface area is 255 Å². The van der Waals surface area contributed by atoms with Crippen LogP contribution in [0.4, 0.5) is 11.4 Å². The van der Waals surface area contributed by atoms with E-state index in [1.165, 1.54) is 0 Å². The molecule has 0 spiro atoms. The van der Waals surface area contributed by atoms with Crippen molar-refractivity contribution < 1.29 is 33.3 Å². The molecule has 0 saturated carbocycles. The van der Waals surface area contributed by atoms with E-state index in [0.29, 0.717) is 95.7 Å². The van der Waals surface area contributed by atoms with Crippen molar-refractivity contribution in [2.24, 2.45) is 0 Å². The lowest BCUT2D eigenvalue weighted by molar-refractivity contribution is -0.0116. The molecule has 0 bridgehead atoms. The van der Waals surface area contributed by atoms with Crippen LogP contribution in [0.15, 0.2) is 60.8 Å². The van der Waals surface area contributed by atoms with E-state index in [9.17, 15) is 9.59 Å². The normalized spacial score (nSPS) is 19.6. The van der Waals surface area contributed by atoms with Gasteiger partial charge >= 0.3 is 0 Å². The number of hydrogen-bond donors (Lipinski definition) is 3. The van der Waals surface area contributed by atoms with Gasteiger partial charge in [0.2, 0.25) is 0 Å². The molecule has 1 fully saturated rings. The number of nitrogens with one attached hydrogen (secondary N) is 3. The molecule has 12 heteroatoms. The van der Waals surface area contributed by atoms with E-state index in [1.807, 2.05) is 29.4 Å². The number of rotatable bonds is 3. The highest BCUT2D eigenvalue weighted by molar-refractivity contribution is 6.26. The van der Waals surface area contributed by atoms with Gasteiger partial charge in [0.1, 0.15) is 0 Å². The van der Waals surface area contributed by atoms with Crippen molar-refractivity contribution in [2.75, 3.05) is 89.1 Å². The Morgan fingerprint density at radius 1 is 0.614 bits per heavy atom. The highest BCUT2D eigenvalue weighted by Gasteiger charge is 2.27. The molecule has 0 aliphatic carbocycles. The van der Waals surface area contributed by atoms with Crippen LogP contribution in [-0.2, 0) is 23.7 Å². The molecule has 2 amide bonds. The van der Waals surface area contributed by atoms with E-state index in [1.54, 1.807) is 12.1 Å². The fourth-order valence-corrected chi connectivity index (χ4v) is 5.36. The van der Waals surface area contributed by atoms with Gasteiger partial charge in [-0.05, 0) is 30.3 Å². The molecule has 3 heterocycles. The molecule has 1 saturated heterocycles. The lowest BCUT2D eigenvalue weighted by Gasteiger charge is -2.25. The van der Waals surface area contributed by atoms with Crippen molar-refractivity contribution >= 4 is 39.7 Å². The Balaban J connectivity index is 1.13. The summed E-state index contributed by atoms with van der Waals surface area (Å²) in [6.45, 7) is 6.81. The van der Waals surface area contributed by atoms with Crippen molar-refractivity contribution in [1.29, 1.82) is 0 Å². The van der Waals surface area contributed by atoms with Crippen molar-refractivity contribution in [2.45, 2.75) is 0 Å². The average molecular weight is 604 g/mol. The molecule has 44 heavy (non-hydrogen) atoms. The molecule has 3 N–H and O–H groups in total. The zero-order valence-electron chi connectivity index (χ0n) is 24.5. The summed E-state index contributed by atoms with van der Waals surface area (Å²) in [5, 5.41) is 5.73. The number of benzene rings is 3. The van der Waals surface area contributed by atoms with Gasteiger partial charge in [-0.1, -0.05) is 24.3 Å². The van der Waals surface area contributed by atoms with Crippen molar-refractivity contribution in [3.8, 4) is 0 Å². The lowest BCUT2D eigenvalue weighted by atomic mass is 9.94. The Morgan fingerprint density at radius 3 is 1.80 bits per heavy atom. The Bertz CT molecular complexity index is 1460. The number of anilines is 2. The summed E-state index contributed by atoms with van der Waals surface area (Å²) in [5.41, 5.74) is 11.2. The van der Waals surface area contributed by atoms with E-state index < -0.39 is 0 Å². The standard InChI is InChI=1S/C32H37N5O7/c38-31-26-3-1-2-25-29(9-8-27(30(25)26)32(39)33-31)37-22-28(34-35-37)23-4-6-24(7-5-23)36-10-12-40-14-16-42-18-20-44-21-19-43-17-15-41-13-11-36/h1-9,22,34-35H,10-21H2,(H,33,38,39). The summed E-state index contributed by atoms with van der Waals surface area (Å²) >= 11 is 0. The third kappa shape index (κ3) is 7.02. The quantitative estimate of drug-likeness (QED) is 0.383. The van der Waals surface area contributed by atoms with Crippen LogP contribution in [0.3, 0.4) is 0 Å². The van der Waals surface area contributed by atoms with Crippen molar-refractivity contribution in [3.63, 3.8) is 0 Å². The number of ether oxygens (including phenoxy) is 5. The molecule has 3 aromatic rings. The number of carbonyl (C=O) groups excluding carboxylic acids is 2. The minimum atomic E-state index is -0.384. The largest absolute Gasteiger partial charge is 0.377 e. The Kier molecular flexibility index (Phi) is 9.97. The summed E-state index contributed by atoms with van der Waals surface area (Å²) in [6.07, 6.45) is 1.96. The van der Waals surface area contributed by atoms with Gasteiger partial charge in [-0.3, -0.25) is 19.9 Å². The third-order valence-corrected chi connectivity index (χ3v) is 7.61. The molecule has 3 aliphatic heterocycles. The molecule has 6 rings (SSSR count). The molecule has 232 valence electrons. The number of nitrogens with zero attached hydrogens (tertiary/aromatic N) is 2. The molecule has 0 unspecified atom stereocenters. The second-order valence-corrected chi connectivity index (χ2v) is 10.4. The van der Waals surface area contributed by atoms with Gasteiger partial charge in [0.15, 0.2) is 0 Å². The minimum Gasteiger partial charge on any atom is -0.377 e. The zero-order valence-corrected chi connectivity index (χ0v) is 24.5. The molecule has 0 aromatic heterocycles. The summed E-state index contributed by atoms with van der Waals surface area (Å²) in [7, 11) is 0. The van der Waals surface area contributed by atoms with E-state index >= 15 is 0 Å². The van der Waals surface area contributed by atoms with E-state index in [0.717, 1.165) is 28.0 Å². The zero-order chi connectivity index (χ0) is 30.1. The fraction of sp³-hybridized carbons (Fsp3) is 0.375. The van der Waals surface area contributed by atoms with Crippen LogP contribution in [0.5, 0.6) is 0 Å². The van der Waals surface area contributed by atoms with Gasteiger partial charge in [-0.25, -0.2) is 0 Å². The van der Waals surface area contributed by atoms with E-state index in [-0.39, 0.29) is 11.8 Å². The van der Waals surface area contributed by atoms with Gasteiger partial charge in [0.05, 0.1) is 77.5 Å². The SMILES string of the molecule is O=C1NC(=O)c2ccc(N3C=C(c4ccc(N5CCOCCOCCOCCOCCOCC5)cc4)NN3)c3cccc1c23. The van der Waals surface area contributed by atoms with Crippen molar-refractivity contribution in [3.05, 3.63) is 77.5 Å². The average Bonchev–Trinajstić information content (AvgIpc) is 3.54. The van der Waals surface area contributed by atoms with Crippen LogP contribution in [0.1, 0.15) is 26.3 Å². The van der Waals surface area contributed by atoms with Gasteiger partial charge in [0, 0.05) is 52.4 Å².